The Bertz CT molecular complexity index is 566. The Labute approximate surface area is 91.9 Å². The van der Waals surface area contributed by atoms with Gasteiger partial charge >= 0.3 is 5.97 Å². The van der Waals surface area contributed by atoms with E-state index in [1.165, 1.54) is 31.5 Å². The van der Waals surface area contributed by atoms with E-state index in [4.69, 9.17) is 0 Å². The van der Waals surface area contributed by atoms with Crippen molar-refractivity contribution in [1.82, 2.24) is 4.98 Å². The van der Waals surface area contributed by atoms with Crippen molar-refractivity contribution in [3.63, 3.8) is 0 Å². The quantitative estimate of drug-likeness (QED) is 0.691. The van der Waals surface area contributed by atoms with Crippen LogP contribution in [0.4, 0.5) is 4.39 Å². The van der Waals surface area contributed by atoms with Crippen LogP contribution >= 0.6 is 0 Å². The predicted molar refractivity (Wildman–Crippen MR) is 57.8 cm³/mol. The summed E-state index contributed by atoms with van der Waals surface area (Å²) in [6, 6.07) is 4.20. The minimum atomic E-state index is -0.489. The van der Waals surface area contributed by atoms with Gasteiger partial charge in [0.05, 0.1) is 18.2 Å². The summed E-state index contributed by atoms with van der Waals surface area (Å²) in [6.45, 7) is 1.75. The van der Waals surface area contributed by atoms with Gasteiger partial charge in [-0.15, -0.1) is 0 Å². The Hall–Kier alpha value is -1.97. The van der Waals surface area contributed by atoms with E-state index in [2.05, 4.69) is 9.72 Å². The first-order valence-electron chi connectivity index (χ1n) is 4.76. The third-order valence-corrected chi connectivity index (χ3v) is 2.41. The molecule has 0 radical (unpaired) electrons. The molecule has 0 saturated heterocycles. The number of carbonyl (C=O) groups excluding carboxylic acids is 1. The smallest absolute Gasteiger partial charge is 0.338 e. The Morgan fingerprint density at radius 2 is 2.19 bits per heavy atom. The van der Waals surface area contributed by atoms with Gasteiger partial charge in [0.25, 0.3) is 0 Å². The molecule has 0 spiro atoms. The lowest BCUT2D eigenvalue weighted by Crippen LogP contribution is -2.03. The molecule has 0 saturated carbocycles. The summed E-state index contributed by atoms with van der Waals surface area (Å²) in [5.74, 6) is -0.874. The topological polar surface area (TPSA) is 39.2 Å². The van der Waals surface area contributed by atoms with Crippen molar-refractivity contribution >= 4 is 16.9 Å². The first-order chi connectivity index (χ1) is 7.63. The van der Waals surface area contributed by atoms with Crippen LogP contribution in [0.2, 0.25) is 0 Å². The molecule has 4 heteroatoms. The second-order valence-corrected chi connectivity index (χ2v) is 3.47. The number of benzene rings is 1. The molecule has 0 fully saturated rings. The van der Waals surface area contributed by atoms with Crippen molar-refractivity contribution in [2.45, 2.75) is 6.92 Å². The molecule has 0 aliphatic heterocycles. The molecule has 1 heterocycles. The van der Waals surface area contributed by atoms with Crippen LogP contribution in [0, 0.1) is 12.7 Å². The number of aryl methyl sites for hydroxylation is 1. The number of hydrogen-bond acceptors (Lipinski definition) is 3. The van der Waals surface area contributed by atoms with Gasteiger partial charge in [0.2, 0.25) is 0 Å². The molecule has 2 rings (SSSR count). The minimum absolute atomic E-state index is 0.329. The lowest BCUT2D eigenvalue weighted by molar-refractivity contribution is 0.0603. The summed E-state index contributed by atoms with van der Waals surface area (Å²) in [4.78, 5) is 15.6. The van der Waals surface area contributed by atoms with Gasteiger partial charge in [-0.2, -0.15) is 0 Å². The highest BCUT2D eigenvalue weighted by atomic mass is 19.1. The van der Waals surface area contributed by atoms with E-state index < -0.39 is 5.97 Å². The number of rotatable bonds is 1. The van der Waals surface area contributed by atoms with Crippen molar-refractivity contribution in [2.24, 2.45) is 0 Å². The van der Waals surface area contributed by atoms with E-state index in [0.29, 0.717) is 22.0 Å². The van der Waals surface area contributed by atoms with Gasteiger partial charge in [-0.1, -0.05) is 0 Å². The maximum atomic E-state index is 13.3. The highest BCUT2D eigenvalue weighted by molar-refractivity contribution is 6.03. The van der Waals surface area contributed by atoms with Gasteiger partial charge < -0.3 is 4.74 Å². The average Bonchev–Trinajstić information content (AvgIpc) is 2.27. The number of aromatic nitrogens is 1. The maximum Gasteiger partial charge on any atom is 0.338 e. The van der Waals surface area contributed by atoms with Crippen molar-refractivity contribution in [2.75, 3.05) is 7.11 Å². The Morgan fingerprint density at radius 3 is 2.88 bits per heavy atom. The molecule has 1 aromatic heterocycles. The average molecular weight is 219 g/mol. The molecule has 0 bridgehead atoms. The number of ether oxygens (including phenoxy) is 1. The number of nitrogens with zero attached hydrogens (tertiary/aromatic N) is 1. The number of esters is 1. The van der Waals surface area contributed by atoms with Gasteiger partial charge in [0.15, 0.2) is 0 Å². The van der Waals surface area contributed by atoms with E-state index in [-0.39, 0.29) is 5.82 Å². The Kier molecular flexibility index (Phi) is 2.56. The second-order valence-electron chi connectivity index (χ2n) is 3.47. The first-order valence-corrected chi connectivity index (χ1v) is 4.76. The normalized spacial score (nSPS) is 10.4. The fourth-order valence-electron chi connectivity index (χ4n) is 1.68. The van der Waals surface area contributed by atoms with Crippen molar-refractivity contribution in [3.05, 3.63) is 41.3 Å². The number of hydrogen-bond donors (Lipinski definition) is 0. The van der Waals surface area contributed by atoms with E-state index in [9.17, 15) is 9.18 Å². The second kappa shape index (κ2) is 3.89. The zero-order chi connectivity index (χ0) is 11.7. The van der Waals surface area contributed by atoms with Crippen LogP contribution < -0.4 is 0 Å². The maximum absolute atomic E-state index is 13.3. The Morgan fingerprint density at radius 1 is 1.44 bits per heavy atom. The molecule has 1 aromatic carbocycles. The molecule has 0 amide bonds. The van der Waals surface area contributed by atoms with E-state index >= 15 is 0 Å². The number of methoxy groups -OCH3 is 1. The molecule has 0 aliphatic rings. The lowest BCUT2D eigenvalue weighted by atomic mass is 10.1. The molecule has 2 aromatic rings. The van der Waals surface area contributed by atoms with Crippen LogP contribution in [0.1, 0.15) is 15.9 Å². The van der Waals surface area contributed by atoms with Crippen LogP contribution in [-0.4, -0.2) is 18.1 Å². The van der Waals surface area contributed by atoms with Crippen LogP contribution in [0.15, 0.2) is 24.4 Å². The van der Waals surface area contributed by atoms with Gasteiger partial charge in [0, 0.05) is 11.6 Å². The van der Waals surface area contributed by atoms with Crippen LogP contribution in [0.5, 0.6) is 0 Å². The summed E-state index contributed by atoms with van der Waals surface area (Å²) in [5, 5.41) is 0.479. The van der Waals surface area contributed by atoms with Crippen LogP contribution in [-0.2, 0) is 4.74 Å². The van der Waals surface area contributed by atoms with Gasteiger partial charge in [-0.3, -0.25) is 4.98 Å². The predicted octanol–water partition coefficient (Wildman–Crippen LogP) is 2.47. The molecular weight excluding hydrogens is 209 g/mol. The largest absolute Gasteiger partial charge is 0.465 e. The molecule has 0 aliphatic carbocycles. The van der Waals surface area contributed by atoms with Crippen molar-refractivity contribution in [1.29, 1.82) is 0 Å². The summed E-state index contributed by atoms with van der Waals surface area (Å²) in [5.41, 5.74) is 1.64. The Balaban J connectivity index is 2.81. The van der Waals surface area contributed by atoms with Gasteiger partial charge in [0.1, 0.15) is 5.82 Å². The highest BCUT2D eigenvalue weighted by Crippen LogP contribution is 2.22. The van der Waals surface area contributed by atoms with Crippen LogP contribution in [0.25, 0.3) is 10.9 Å². The summed E-state index contributed by atoms with van der Waals surface area (Å²) in [6.07, 6.45) is 1.51. The van der Waals surface area contributed by atoms with Gasteiger partial charge in [-0.25, -0.2) is 9.18 Å². The summed E-state index contributed by atoms with van der Waals surface area (Å²) in [7, 11) is 1.29. The fraction of sp³-hybridized carbons (Fsp3) is 0.167. The molecule has 0 atom stereocenters. The molecule has 3 nitrogen and oxygen atoms in total. The summed E-state index contributed by atoms with van der Waals surface area (Å²) >= 11 is 0. The molecule has 0 N–H and O–H groups in total. The third kappa shape index (κ3) is 1.62. The van der Waals surface area contributed by atoms with E-state index in [0.717, 1.165) is 0 Å². The van der Waals surface area contributed by atoms with E-state index in [1.807, 2.05) is 0 Å². The molecule has 16 heavy (non-hydrogen) atoms. The minimum Gasteiger partial charge on any atom is -0.465 e. The fourth-order valence-corrected chi connectivity index (χ4v) is 1.68. The number of pyridine rings is 1. The number of halogens is 1. The van der Waals surface area contributed by atoms with Crippen LogP contribution in [0.3, 0.4) is 0 Å². The SMILES string of the molecule is COC(=O)c1ccnc2c(C)cc(F)cc12. The zero-order valence-corrected chi connectivity index (χ0v) is 8.95. The third-order valence-electron chi connectivity index (χ3n) is 2.41. The first kappa shape index (κ1) is 10.5. The molecular formula is C12H10FNO2. The van der Waals surface area contributed by atoms with Crippen molar-refractivity contribution in [3.8, 4) is 0 Å². The number of fused-ring (bicyclic) bond motifs is 1. The molecule has 0 unspecified atom stereocenters. The highest BCUT2D eigenvalue weighted by Gasteiger charge is 2.12. The number of carbonyl (C=O) groups is 1. The standard InChI is InChI=1S/C12H10FNO2/c1-7-5-8(13)6-10-9(12(15)16-2)3-4-14-11(7)10/h3-6H,1-2H3. The zero-order valence-electron chi connectivity index (χ0n) is 8.95. The lowest BCUT2D eigenvalue weighted by Gasteiger charge is -2.06. The van der Waals surface area contributed by atoms with Crippen molar-refractivity contribution < 1.29 is 13.9 Å². The summed E-state index contributed by atoms with van der Waals surface area (Å²) < 4.78 is 17.9. The van der Waals surface area contributed by atoms with Gasteiger partial charge in [-0.05, 0) is 30.7 Å². The monoisotopic (exact) mass is 219 g/mol. The molecule has 82 valence electrons. The van der Waals surface area contributed by atoms with E-state index in [1.54, 1.807) is 6.92 Å².